The number of methoxy groups -OCH3 is 2. The molecule has 3 rings (SSSR count). The molecule has 0 aliphatic carbocycles. The summed E-state index contributed by atoms with van der Waals surface area (Å²) in [5, 5.41) is 2.83. The molecule has 0 aromatic heterocycles. The summed E-state index contributed by atoms with van der Waals surface area (Å²) in [6, 6.07) is 21.5. The van der Waals surface area contributed by atoms with E-state index in [0.29, 0.717) is 41.3 Å². The molecular weight excluding hydrogens is 394 g/mol. The van der Waals surface area contributed by atoms with Crippen LogP contribution < -0.4 is 19.5 Å². The van der Waals surface area contributed by atoms with E-state index in [1.807, 2.05) is 36.4 Å². The lowest BCUT2D eigenvalue weighted by atomic mass is 10.0. The fraction of sp³-hybridized carbons (Fsp3) is 0.200. The van der Waals surface area contributed by atoms with Crippen molar-refractivity contribution in [2.75, 3.05) is 27.4 Å². The molecule has 3 aromatic carbocycles. The average Bonchev–Trinajstić information content (AvgIpc) is 2.83. The molecular formula is C25H25NO5. The first-order chi connectivity index (χ1) is 15.1. The van der Waals surface area contributed by atoms with Gasteiger partial charge < -0.3 is 19.5 Å². The van der Waals surface area contributed by atoms with Crippen LogP contribution in [0.5, 0.6) is 17.2 Å². The maximum Gasteiger partial charge on any atom is 0.257 e. The van der Waals surface area contributed by atoms with Crippen LogP contribution in [0, 0.1) is 0 Å². The number of carbonyl (C=O) groups excluding carboxylic acids is 2. The predicted molar refractivity (Wildman–Crippen MR) is 118 cm³/mol. The first kappa shape index (κ1) is 21.9. The Morgan fingerprint density at radius 3 is 2.16 bits per heavy atom. The summed E-state index contributed by atoms with van der Waals surface area (Å²) in [6.45, 7) is 0.375. The van der Waals surface area contributed by atoms with Gasteiger partial charge in [-0.3, -0.25) is 9.59 Å². The van der Waals surface area contributed by atoms with Crippen LogP contribution in [0.4, 0.5) is 0 Å². The van der Waals surface area contributed by atoms with Crippen LogP contribution in [-0.4, -0.2) is 39.1 Å². The van der Waals surface area contributed by atoms with Crippen molar-refractivity contribution >= 4 is 11.7 Å². The number of amides is 1. The largest absolute Gasteiger partial charge is 0.493 e. The van der Waals surface area contributed by atoms with Crippen LogP contribution >= 0.6 is 0 Å². The first-order valence-electron chi connectivity index (χ1n) is 9.91. The summed E-state index contributed by atoms with van der Waals surface area (Å²) in [5.41, 5.74) is 2.22. The van der Waals surface area contributed by atoms with Gasteiger partial charge >= 0.3 is 0 Å². The molecule has 0 saturated heterocycles. The third-order valence-electron chi connectivity index (χ3n) is 4.71. The number of hydrogen-bond acceptors (Lipinski definition) is 5. The molecule has 0 unspecified atom stereocenters. The van der Waals surface area contributed by atoms with E-state index in [0.717, 1.165) is 5.56 Å². The van der Waals surface area contributed by atoms with Crippen molar-refractivity contribution in [3.05, 3.63) is 89.5 Å². The lowest BCUT2D eigenvalue weighted by molar-refractivity contribution is -0.123. The molecule has 0 bridgehead atoms. The van der Waals surface area contributed by atoms with E-state index in [-0.39, 0.29) is 18.3 Å². The fourth-order valence-corrected chi connectivity index (χ4v) is 3.04. The van der Waals surface area contributed by atoms with Crippen molar-refractivity contribution < 1.29 is 23.8 Å². The second-order valence-corrected chi connectivity index (χ2v) is 6.80. The molecule has 31 heavy (non-hydrogen) atoms. The Hall–Kier alpha value is -3.80. The number of carbonyl (C=O) groups is 2. The van der Waals surface area contributed by atoms with Crippen molar-refractivity contribution in [3.63, 3.8) is 0 Å². The Labute approximate surface area is 181 Å². The van der Waals surface area contributed by atoms with Crippen molar-refractivity contribution in [3.8, 4) is 17.2 Å². The zero-order valence-corrected chi connectivity index (χ0v) is 17.6. The molecule has 160 valence electrons. The highest BCUT2D eigenvalue weighted by molar-refractivity contribution is 6.08. The second-order valence-electron chi connectivity index (χ2n) is 6.80. The minimum absolute atomic E-state index is 0.0555. The normalized spacial score (nSPS) is 10.3. The van der Waals surface area contributed by atoms with Gasteiger partial charge in [-0.05, 0) is 48.4 Å². The SMILES string of the molecule is COc1ccc(CCNC(=O)COc2ccc(C(=O)c3ccccc3)cc2)cc1OC. The van der Waals surface area contributed by atoms with Crippen LogP contribution in [0.25, 0.3) is 0 Å². The maximum absolute atomic E-state index is 12.4. The van der Waals surface area contributed by atoms with Crippen LogP contribution in [0.3, 0.4) is 0 Å². The molecule has 1 amide bonds. The minimum atomic E-state index is -0.218. The van der Waals surface area contributed by atoms with Gasteiger partial charge in [-0.1, -0.05) is 36.4 Å². The Morgan fingerprint density at radius 1 is 0.806 bits per heavy atom. The predicted octanol–water partition coefficient (Wildman–Crippen LogP) is 3.67. The van der Waals surface area contributed by atoms with Gasteiger partial charge in [0.05, 0.1) is 14.2 Å². The third-order valence-corrected chi connectivity index (χ3v) is 4.71. The zero-order valence-electron chi connectivity index (χ0n) is 17.6. The average molecular weight is 419 g/mol. The highest BCUT2D eigenvalue weighted by atomic mass is 16.5. The van der Waals surface area contributed by atoms with Gasteiger partial charge in [0.25, 0.3) is 5.91 Å². The van der Waals surface area contributed by atoms with E-state index in [2.05, 4.69) is 5.32 Å². The van der Waals surface area contributed by atoms with E-state index in [4.69, 9.17) is 14.2 Å². The molecule has 0 aliphatic heterocycles. The molecule has 0 heterocycles. The van der Waals surface area contributed by atoms with Gasteiger partial charge in [-0.15, -0.1) is 0 Å². The maximum atomic E-state index is 12.4. The number of benzene rings is 3. The number of nitrogens with one attached hydrogen (secondary N) is 1. The molecule has 0 saturated carbocycles. The molecule has 0 radical (unpaired) electrons. The summed E-state index contributed by atoms with van der Waals surface area (Å²) in [6.07, 6.45) is 0.655. The molecule has 3 aromatic rings. The van der Waals surface area contributed by atoms with E-state index in [9.17, 15) is 9.59 Å². The quantitative estimate of drug-likeness (QED) is 0.508. The van der Waals surface area contributed by atoms with Crippen molar-refractivity contribution in [1.29, 1.82) is 0 Å². The van der Waals surface area contributed by atoms with E-state index < -0.39 is 0 Å². The van der Waals surface area contributed by atoms with E-state index in [1.165, 1.54) is 0 Å². The van der Waals surface area contributed by atoms with Crippen molar-refractivity contribution in [1.82, 2.24) is 5.32 Å². The lowest BCUT2D eigenvalue weighted by Crippen LogP contribution is -2.30. The Morgan fingerprint density at radius 2 is 1.48 bits per heavy atom. The number of hydrogen-bond donors (Lipinski definition) is 1. The summed E-state index contributed by atoms with van der Waals surface area (Å²) >= 11 is 0. The van der Waals surface area contributed by atoms with Gasteiger partial charge in [-0.25, -0.2) is 0 Å². The van der Waals surface area contributed by atoms with Gasteiger partial charge in [0.1, 0.15) is 5.75 Å². The highest BCUT2D eigenvalue weighted by Gasteiger charge is 2.09. The fourth-order valence-electron chi connectivity index (χ4n) is 3.04. The highest BCUT2D eigenvalue weighted by Crippen LogP contribution is 2.27. The van der Waals surface area contributed by atoms with Gasteiger partial charge in [0.15, 0.2) is 23.9 Å². The van der Waals surface area contributed by atoms with Crippen molar-refractivity contribution in [2.24, 2.45) is 0 Å². The van der Waals surface area contributed by atoms with E-state index >= 15 is 0 Å². The lowest BCUT2D eigenvalue weighted by Gasteiger charge is -2.10. The number of rotatable bonds is 10. The molecule has 0 fully saturated rings. The summed E-state index contributed by atoms with van der Waals surface area (Å²) < 4.78 is 16.0. The Kier molecular flexibility index (Phi) is 7.65. The molecule has 0 aliphatic rings. The smallest absolute Gasteiger partial charge is 0.257 e. The van der Waals surface area contributed by atoms with Gasteiger partial charge in [-0.2, -0.15) is 0 Å². The monoisotopic (exact) mass is 419 g/mol. The van der Waals surface area contributed by atoms with Crippen LogP contribution in [-0.2, 0) is 11.2 Å². The van der Waals surface area contributed by atoms with Crippen LogP contribution in [0.1, 0.15) is 21.5 Å². The molecule has 6 heteroatoms. The first-order valence-corrected chi connectivity index (χ1v) is 9.91. The molecule has 6 nitrogen and oxygen atoms in total. The summed E-state index contributed by atoms with van der Waals surface area (Å²) in [4.78, 5) is 24.5. The van der Waals surface area contributed by atoms with Crippen LogP contribution in [0.2, 0.25) is 0 Å². The summed E-state index contributed by atoms with van der Waals surface area (Å²) in [7, 11) is 3.18. The zero-order chi connectivity index (χ0) is 22.1. The Balaban J connectivity index is 1.44. The number of ketones is 1. The molecule has 0 spiro atoms. The topological polar surface area (TPSA) is 73.9 Å². The molecule has 0 atom stereocenters. The van der Waals surface area contributed by atoms with Crippen LogP contribution in [0.15, 0.2) is 72.8 Å². The Bertz CT molecular complexity index is 1020. The van der Waals surface area contributed by atoms with Gasteiger partial charge in [0, 0.05) is 17.7 Å². The van der Waals surface area contributed by atoms with E-state index in [1.54, 1.807) is 50.6 Å². The van der Waals surface area contributed by atoms with Gasteiger partial charge in [0.2, 0.25) is 0 Å². The second kappa shape index (κ2) is 10.8. The van der Waals surface area contributed by atoms with Crippen molar-refractivity contribution in [2.45, 2.75) is 6.42 Å². The molecule has 1 N–H and O–H groups in total. The third kappa shape index (κ3) is 6.09. The minimum Gasteiger partial charge on any atom is -0.493 e. The summed E-state index contributed by atoms with van der Waals surface area (Å²) in [5.74, 6) is 1.58. The number of ether oxygens (including phenoxy) is 3. The standard InChI is InChI=1S/C25H25NO5/c1-29-22-13-8-18(16-23(22)30-2)14-15-26-24(27)17-31-21-11-9-20(10-12-21)25(28)19-6-4-3-5-7-19/h3-13,16H,14-15,17H2,1-2H3,(H,26,27).